The number of hydrogen-bond donors (Lipinski definition) is 1. The molecular weight excluding hydrogens is 484 g/mol. The van der Waals surface area contributed by atoms with Crippen LogP contribution in [0.1, 0.15) is 96.8 Å². The quantitative estimate of drug-likeness (QED) is 0.0916. The van der Waals surface area contributed by atoms with E-state index >= 15 is 0 Å². The summed E-state index contributed by atoms with van der Waals surface area (Å²) in [5.74, 6) is 1.69. The lowest BCUT2D eigenvalue weighted by molar-refractivity contribution is -0.870. The van der Waals surface area contributed by atoms with Gasteiger partial charge in [-0.1, -0.05) is 90.4 Å². The number of quaternary nitrogens is 1. The molecule has 0 aromatic carbocycles. The normalized spacial score (nSPS) is 16.5. The van der Waals surface area contributed by atoms with Crippen molar-refractivity contribution >= 4 is 17.4 Å². The van der Waals surface area contributed by atoms with E-state index in [0.717, 1.165) is 42.5 Å². The van der Waals surface area contributed by atoms with Crippen LogP contribution in [-0.2, 0) is 18.9 Å². The second-order valence-corrected chi connectivity index (χ2v) is 12.3. The van der Waals surface area contributed by atoms with Gasteiger partial charge in [0.15, 0.2) is 0 Å². The molecule has 2 atom stereocenters. The average Bonchev–Trinajstić information content (AvgIpc) is 2.88. The van der Waals surface area contributed by atoms with Gasteiger partial charge in [0.1, 0.15) is 12.6 Å². The SMILES string of the molecule is CCCCCCCCCC(CCOCC(COCCOCC[N+](C)(C)C)OC(=S)NC)C1CCCCC1. The Hall–Kier alpha value is -0.470. The monoisotopic (exact) mass is 545 g/mol. The van der Waals surface area contributed by atoms with E-state index in [2.05, 4.69) is 33.4 Å². The molecule has 0 amide bonds. The summed E-state index contributed by atoms with van der Waals surface area (Å²) in [5.41, 5.74) is 0. The molecule has 6 nitrogen and oxygen atoms in total. The number of rotatable bonds is 23. The van der Waals surface area contributed by atoms with Crippen molar-refractivity contribution in [3.8, 4) is 0 Å². The lowest BCUT2D eigenvalue weighted by atomic mass is 9.76. The molecule has 2 unspecified atom stereocenters. The third-order valence-electron chi connectivity index (χ3n) is 7.49. The molecule has 0 aromatic heterocycles. The minimum absolute atomic E-state index is 0.206. The fourth-order valence-electron chi connectivity index (χ4n) is 5.13. The Morgan fingerprint density at radius 1 is 0.811 bits per heavy atom. The molecule has 0 bridgehead atoms. The second kappa shape index (κ2) is 22.4. The van der Waals surface area contributed by atoms with Gasteiger partial charge in [0, 0.05) is 13.7 Å². The van der Waals surface area contributed by atoms with E-state index in [4.69, 9.17) is 31.2 Å². The topological polar surface area (TPSA) is 49.0 Å². The van der Waals surface area contributed by atoms with Gasteiger partial charge in [0.25, 0.3) is 5.17 Å². The zero-order valence-corrected chi connectivity index (χ0v) is 25.9. The van der Waals surface area contributed by atoms with Crippen LogP contribution in [0.4, 0.5) is 0 Å². The molecule has 0 saturated heterocycles. The van der Waals surface area contributed by atoms with Crippen molar-refractivity contribution in [3.05, 3.63) is 0 Å². The number of hydrogen-bond acceptors (Lipinski definition) is 5. The minimum Gasteiger partial charge on any atom is -0.463 e. The summed E-state index contributed by atoms with van der Waals surface area (Å²) >= 11 is 5.23. The Labute approximate surface area is 235 Å². The first-order chi connectivity index (χ1) is 17.9. The Bertz CT molecular complexity index is 538. The van der Waals surface area contributed by atoms with Crippen LogP contribution in [0, 0.1) is 11.8 Å². The van der Waals surface area contributed by atoms with E-state index in [-0.39, 0.29) is 6.10 Å². The van der Waals surface area contributed by atoms with Crippen molar-refractivity contribution < 1.29 is 23.4 Å². The molecule has 1 saturated carbocycles. The molecule has 0 spiro atoms. The van der Waals surface area contributed by atoms with Crippen molar-refractivity contribution in [2.45, 2.75) is 103 Å². The molecule has 220 valence electrons. The lowest BCUT2D eigenvalue weighted by Gasteiger charge is -2.30. The van der Waals surface area contributed by atoms with Crippen LogP contribution in [0.3, 0.4) is 0 Å². The van der Waals surface area contributed by atoms with Gasteiger partial charge in [-0.15, -0.1) is 0 Å². The highest BCUT2D eigenvalue weighted by atomic mass is 32.1. The molecule has 1 N–H and O–H groups in total. The zero-order valence-electron chi connectivity index (χ0n) is 25.1. The summed E-state index contributed by atoms with van der Waals surface area (Å²) < 4.78 is 24.4. The third kappa shape index (κ3) is 20.1. The van der Waals surface area contributed by atoms with Crippen LogP contribution in [0.2, 0.25) is 0 Å². The standard InChI is InChI=1S/C30H60N2O4S/c1-6-7-8-9-10-11-13-18-28(27-16-14-12-15-17-27)19-21-34-25-29(36-30(37)31-2)26-35-24-23-33-22-20-32(3,4)5/h27-29H,6-26H2,1-5H3/p+1. The van der Waals surface area contributed by atoms with Gasteiger partial charge < -0.3 is 28.7 Å². The number of unbranched alkanes of at least 4 members (excludes halogenated alkanes) is 6. The maximum absolute atomic E-state index is 6.14. The van der Waals surface area contributed by atoms with Crippen LogP contribution < -0.4 is 5.32 Å². The maximum Gasteiger partial charge on any atom is 0.256 e. The van der Waals surface area contributed by atoms with E-state index in [1.807, 2.05) is 0 Å². The zero-order chi connectivity index (χ0) is 27.2. The molecule has 0 radical (unpaired) electrons. The van der Waals surface area contributed by atoms with Crippen molar-refractivity contribution in [1.82, 2.24) is 5.32 Å². The predicted molar refractivity (Wildman–Crippen MR) is 159 cm³/mol. The van der Waals surface area contributed by atoms with Crippen molar-refractivity contribution in [2.24, 2.45) is 11.8 Å². The van der Waals surface area contributed by atoms with Gasteiger partial charge in [-0.2, -0.15) is 0 Å². The van der Waals surface area contributed by atoms with Crippen molar-refractivity contribution in [2.75, 3.05) is 74.4 Å². The number of ether oxygens (including phenoxy) is 4. The Kier molecular flexibility index (Phi) is 20.9. The molecular formula is C30H61N2O4S+. The van der Waals surface area contributed by atoms with Crippen LogP contribution in [0.5, 0.6) is 0 Å². The number of nitrogens with one attached hydrogen (secondary N) is 1. The minimum atomic E-state index is -0.206. The van der Waals surface area contributed by atoms with Crippen LogP contribution >= 0.6 is 12.2 Å². The second-order valence-electron chi connectivity index (χ2n) is 11.9. The number of nitrogens with zero attached hydrogens (tertiary/aromatic N) is 1. The first-order valence-electron chi connectivity index (χ1n) is 15.3. The molecule has 0 heterocycles. The van der Waals surface area contributed by atoms with Gasteiger partial charge in [0.05, 0.1) is 54.2 Å². The van der Waals surface area contributed by atoms with Crippen molar-refractivity contribution in [1.29, 1.82) is 0 Å². The van der Waals surface area contributed by atoms with Crippen LogP contribution in [0.25, 0.3) is 0 Å². The fraction of sp³-hybridized carbons (Fsp3) is 0.967. The summed E-state index contributed by atoms with van der Waals surface area (Å²) in [6, 6.07) is 0. The molecule has 1 fully saturated rings. The van der Waals surface area contributed by atoms with E-state index in [1.54, 1.807) is 7.05 Å². The molecule has 1 rings (SSSR count). The van der Waals surface area contributed by atoms with Gasteiger partial charge >= 0.3 is 0 Å². The molecule has 1 aliphatic rings. The summed E-state index contributed by atoms with van der Waals surface area (Å²) in [6.07, 6.45) is 19.1. The number of likely N-dealkylation sites (N-methyl/N-ethyl adjacent to an activating group) is 1. The van der Waals surface area contributed by atoms with E-state index in [1.165, 1.54) is 83.5 Å². The fourth-order valence-corrected chi connectivity index (χ4v) is 5.27. The van der Waals surface area contributed by atoms with Crippen LogP contribution in [0.15, 0.2) is 0 Å². The smallest absolute Gasteiger partial charge is 0.256 e. The van der Waals surface area contributed by atoms with Gasteiger partial charge in [-0.05, 0) is 30.5 Å². The largest absolute Gasteiger partial charge is 0.463 e. The molecule has 1 aliphatic carbocycles. The van der Waals surface area contributed by atoms with Crippen LogP contribution in [-0.4, -0.2) is 90.1 Å². The first kappa shape index (κ1) is 34.6. The molecule has 0 aliphatic heterocycles. The summed E-state index contributed by atoms with van der Waals surface area (Å²) in [5, 5.41) is 3.28. The highest BCUT2D eigenvalue weighted by molar-refractivity contribution is 7.80. The molecule has 37 heavy (non-hydrogen) atoms. The Balaban J connectivity index is 2.34. The highest BCUT2D eigenvalue weighted by Gasteiger charge is 2.23. The first-order valence-corrected chi connectivity index (χ1v) is 15.7. The lowest BCUT2D eigenvalue weighted by Crippen LogP contribution is -2.37. The molecule has 7 heteroatoms. The Morgan fingerprint density at radius 2 is 1.43 bits per heavy atom. The van der Waals surface area contributed by atoms with Gasteiger partial charge in [-0.3, -0.25) is 0 Å². The Morgan fingerprint density at radius 3 is 2.08 bits per heavy atom. The number of thiocarbonyl (C=S) groups is 1. The maximum atomic E-state index is 6.14. The summed E-state index contributed by atoms with van der Waals surface area (Å²) in [7, 11) is 8.28. The van der Waals surface area contributed by atoms with Gasteiger partial charge in [0.2, 0.25) is 0 Å². The van der Waals surface area contributed by atoms with E-state index < -0.39 is 0 Å². The third-order valence-corrected chi connectivity index (χ3v) is 7.79. The van der Waals surface area contributed by atoms with Crippen molar-refractivity contribution in [3.63, 3.8) is 0 Å². The highest BCUT2D eigenvalue weighted by Crippen LogP contribution is 2.34. The predicted octanol–water partition coefficient (Wildman–Crippen LogP) is 6.36. The summed E-state index contributed by atoms with van der Waals surface area (Å²) in [6.45, 7) is 6.88. The van der Waals surface area contributed by atoms with E-state index in [9.17, 15) is 0 Å². The van der Waals surface area contributed by atoms with Gasteiger partial charge in [-0.25, -0.2) is 0 Å². The van der Waals surface area contributed by atoms with E-state index in [0.29, 0.717) is 31.6 Å². The average molecular weight is 546 g/mol. The molecule has 0 aromatic rings. The summed E-state index contributed by atoms with van der Waals surface area (Å²) in [4.78, 5) is 0.